The number of imide groups is 1. The molecule has 0 unspecified atom stereocenters. The molecule has 0 aliphatic carbocycles. The van der Waals surface area contributed by atoms with Gasteiger partial charge in [0, 0.05) is 10.9 Å². The summed E-state index contributed by atoms with van der Waals surface area (Å²) in [5.74, 6) is -2.31. The van der Waals surface area contributed by atoms with Crippen LogP contribution in [0.25, 0.3) is 0 Å². The van der Waals surface area contributed by atoms with Crippen molar-refractivity contribution < 1.29 is 23.9 Å². The topological polar surface area (TPSA) is 95.5 Å². The Bertz CT molecular complexity index is 521. The van der Waals surface area contributed by atoms with E-state index in [1.54, 1.807) is 0 Å². The Labute approximate surface area is 116 Å². The Morgan fingerprint density at radius 1 is 1.26 bits per heavy atom. The minimum atomic E-state index is -1.13. The molecule has 19 heavy (non-hydrogen) atoms. The highest BCUT2D eigenvalue weighted by molar-refractivity contribution is 9.10. The van der Waals surface area contributed by atoms with Crippen molar-refractivity contribution in [2.24, 2.45) is 0 Å². The van der Waals surface area contributed by atoms with Crippen LogP contribution in [0.2, 0.25) is 0 Å². The number of carboxylic acid groups (broad SMARTS) is 1. The summed E-state index contributed by atoms with van der Waals surface area (Å²) in [7, 11) is 0. The first kappa shape index (κ1) is 15.1. The molecule has 0 spiro atoms. The number of anilines is 1. The molecule has 0 aliphatic rings. The number of aliphatic carboxylic acids is 1. The molecule has 0 radical (unpaired) electrons. The van der Waals surface area contributed by atoms with Crippen LogP contribution in [0.1, 0.15) is 12.8 Å². The lowest BCUT2D eigenvalue weighted by Crippen LogP contribution is -2.34. The number of carbonyl (C=O) groups is 3. The minimum absolute atomic E-state index is 0.282. The van der Waals surface area contributed by atoms with Gasteiger partial charge >= 0.3 is 12.0 Å². The number of hydrogen-bond acceptors (Lipinski definition) is 3. The standard InChI is InChI=1S/C11H10BrFN2O4/c12-7-5-6(13)1-2-8(7)14-11(19)15-9(16)3-4-10(17)18/h1-2,5H,3-4H2,(H,17,18)(H2,14,15,16,19). The molecule has 0 fully saturated rings. The molecule has 0 bridgehead atoms. The van der Waals surface area contributed by atoms with Gasteiger partial charge in [0.2, 0.25) is 5.91 Å². The van der Waals surface area contributed by atoms with E-state index in [2.05, 4.69) is 21.2 Å². The van der Waals surface area contributed by atoms with Crippen LogP contribution in [0.15, 0.2) is 22.7 Å². The smallest absolute Gasteiger partial charge is 0.325 e. The first-order chi connectivity index (χ1) is 8.88. The van der Waals surface area contributed by atoms with Crippen LogP contribution in [0.4, 0.5) is 14.9 Å². The third-order valence-electron chi connectivity index (χ3n) is 2.00. The van der Waals surface area contributed by atoms with Gasteiger partial charge in [0.05, 0.1) is 12.1 Å². The summed E-state index contributed by atoms with van der Waals surface area (Å²) in [6.45, 7) is 0. The first-order valence-corrected chi connectivity index (χ1v) is 5.95. The highest BCUT2D eigenvalue weighted by Gasteiger charge is 2.11. The average Bonchev–Trinajstić information content (AvgIpc) is 2.30. The Morgan fingerprint density at radius 3 is 2.53 bits per heavy atom. The van der Waals surface area contributed by atoms with Crippen LogP contribution in [0, 0.1) is 5.82 Å². The lowest BCUT2D eigenvalue weighted by Gasteiger charge is -2.08. The largest absolute Gasteiger partial charge is 0.481 e. The van der Waals surface area contributed by atoms with E-state index in [9.17, 15) is 18.8 Å². The Balaban J connectivity index is 2.51. The van der Waals surface area contributed by atoms with Gasteiger partial charge in [0.15, 0.2) is 0 Å². The lowest BCUT2D eigenvalue weighted by atomic mass is 10.3. The Hall–Kier alpha value is -1.96. The van der Waals surface area contributed by atoms with E-state index in [1.165, 1.54) is 6.07 Å². The molecule has 0 saturated heterocycles. The molecule has 0 heterocycles. The van der Waals surface area contributed by atoms with Gasteiger partial charge in [-0.1, -0.05) is 0 Å². The minimum Gasteiger partial charge on any atom is -0.481 e. The van der Waals surface area contributed by atoms with E-state index in [4.69, 9.17) is 5.11 Å². The molecule has 3 N–H and O–H groups in total. The zero-order chi connectivity index (χ0) is 14.4. The van der Waals surface area contributed by atoms with Crippen molar-refractivity contribution in [3.05, 3.63) is 28.5 Å². The summed E-state index contributed by atoms with van der Waals surface area (Å²) >= 11 is 3.05. The van der Waals surface area contributed by atoms with Crippen molar-refractivity contribution in [2.75, 3.05) is 5.32 Å². The van der Waals surface area contributed by atoms with E-state index in [-0.39, 0.29) is 18.5 Å². The summed E-state index contributed by atoms with van der Waals surface area (Å²) in [5.41, 5.74) is 0.282. The predicted molar refractivity (Wildman–Crippen MR) is 68.1 cm³/mol. The van der Waals surface area contributed by atoms with E-state index in [0.717, 1.165) is 12.1 Å². The fourth-order valence-electron chi connectivity index (χ4n) is 1.15. The number of nitrogens with one attached hydrogen (secondary N) is 2. The van der Waals surface area contributed by atoms with E-state index in [1.807, 2.05) is 5.32 Å². The molecule has 0 aliphatic heterocycles. The number of halogens is 2. The van der Waals surface area contributed by atoms with E-state index < -0.39 is 23.7 Å². The fourth-order valence-corrected chi connectivity index (χ4v) is 1.60. The third kappa shape index (κ3) is 5.47. The number of urea groups is 1. The molecular formula is C11H10BrFN2O4. The second-order valence-corrected chi connectivity index (χ2v) is 4.37. The average molecular weight is 333 g/mol. The van der Waals surface area contributed by atoms with Crippen LogP contribution in [0.3, 0.4) is 0 Å². The Kier molecular flexibility index (Phi) is 5.43. The molecule has 1 aromatic carbocycles. The highest BCUT2D eigenvalue weighted by Crippen LogP contribution is 2.22. The second kappa shape index (κ2) is 6.83. The van der Waals surface area contributed by atoms with Crippen LogP contribution in [-0.2, 0) is 9.59 Å². The Morgan fingerprint density at radius 2 is 1.95 bits per heavy atom. The number of benzene rings is 1. The third-order valence-corrected chi connectivity index (χ3v) is 2.65. The summed E-state index contributed by atoms with van der Waals surface area (Å²) in [6.07, 6.45) is -0.660. The van der Waals surface area contributed by atoms with Crippen molar-refractivity contribution in [3.63, 3.8) is 0 Å². The molecule has 102 valence electrons. The van der Waals surface area contributed by atoms with Gasteiger partial charge in [-0.05, 0) is 34.1 Å². The SMILES string of the molecule is O=C(O)CCC(=O)NC(=O)Nc1ccc(F)cc1Br. The van der Waals surface area contributed by atoms with E-state index in [0.29, 0.717) is 4.47 Å². The van der Waals surface area contributed by atoms with Gasteiger partial charge in [-0.15, -0.1) is 0 Å². The van der Waals surface area contributed by atoms with Crippen molar-refractivity contribution in [2.45, 2.75) is 12.8 Å². The molecule has 6 nitrogen and oxygen atoms in total. The molecule has 1 rings (SSSR count). The number of amides is 3. The summed E-state index contributed by atoms with van der Waals surface area (Å²) in [4.78, 5) is 32.8. The quantitative estimate of drug-likeness (QED) is 0.786. The molecule has 8 heteroatoms. The van der Waals surface area contributed by atoms with Crippen LogP contribution < -0.4 is 10.6 Å². The molecule has 1 aromatic rings. The maximum absolute atomic E-state index is 12.8. The normalized spacial score (nSPS) is 9.79. The zero-order valence-electron chi connectivity index (χ0n) is 9.57. The molecule has 3 amide bonds. The maximum atomic E-state index is 12.8. The van der Waals surface area contributed by atoms with Crippen molar-refractivity contribution in [3.8, 4) is 0 Å². The van der Waals surface area contributed by atoms with Gasteiger partial charge in [0.1, 0.15) is 5.82 Å². The first-order valence-electron chi connectivity index (χ1n) is 5.16. The van der Waals surface area contributed by atoms with E-state index >= 15 is 0 Å². The number of carboxylic acids is 1. The van der Waals surface area contributed by atoms with Gasteiger partial charge in [-0.25, -0.2) is 9.18 Å². The zero-order valence-corrected chi connectivity index (χ0v) is 11.2. The monoisotopic (exact) mass is 332 g/mol. The van der Waals surface area contributed by atoms with Crippen molar-refractivity contribution in [1.82, 2.24) is 5.32 Å². The van der Waals surface area contributed by atoms with Crippen molar-refractivity contribution in [1.29, 1.82) is 0 Å². The maximum Gasteiger partial charge on any atom is 0.325 e. The number of carbonyl (C=O) groups excluding carboxylic acids is 2. The van der Waals surface area contributed by atoms with Crippen molar-refractivity contribution >= 4 is 39.5 Å². The van der Waals surface area contributed by atoms with Crippen LogP contribution in [0.5, 0.6) is 0 Å². The van der Waals surface area contributed by atoms with Crippen LogP contribution >= 0.6 is 15.9 Å². The lowest BCUT2D eigenvalue weighted by molar-refractivity contribution is -0.138. The summed E-state index contributed by atoms with van der Waals surface area (Å²) < 4.78 is 13.1. The molecule has 0 atom stereocenters. The van der Waals surface area contributed by atoms with Gasteiger partial charge in [-0.3, -0.25) is 14.9 Å². The van der Waals surface area contributed by atoms with Gasteiger partial charge in [-0.2, -0.15) is 0 Å². The van der Waals surface area contributed by atoms with Crippen LogP contribution in [-0.4, -0.2) is 23.0 Å². The highest BCUT2D eigenvalue weighted by atomic mass is 79.9. The predicted octanol–water partition coefficient (Wildman–Crippen LogP) is 2.10. The second-order valence-electron chi connectivity index (χ2n) is 3.52. The number of rotatable bonds is 4. The summed E-state index contributed by atoms with van der Waals surface area (Å²) in [5, 5.41) is 12.7. The fraction of sp³-hybridized carbons (Fsp3) is 0.182. The molecular weight excluding hydrogens is 323 g/mol. The molecule has 0 aromatic heterocycles. The summed E-state index contributed by atoms with van der Waals surface area (Å²) in [6, 6.07) is 2.80. The molecule has 0 saturated carbocycles. The van der Waals surface area contributed by atoms with Gasteiger partial charge < -0.3 is 10.4 Å². The van der Waals surface area contributed by atoms with Gasteiger partial charge in [0.25, 0.3) is 0 Å². The number of hydrogen-bond donors (Lipinski definition) is 3.